The molecule has 3 aliphatic rings. The zero-order valence-corrected chi connectivity index (χ0v) is 11.3. The fourth-order valence-electron chi connectivity index (χ4n) is 2.50. The van der Waals surface area contributed by atoms with E-state index in [2.05, 4.69) is 22.3 Å². The highest BCUT2D eigenvalue weighted by atomic mass is 32.2. The van der Waals surface area contributed by atoms with Crippen molar-refractivity contribution >= 4 is 22.9 Å². The van der Waals surface area contributed by atoms with Gasteiger partial charge in [-0.2, -0.15) is 4.99 Å². The Kier molecular flexibility index (Phi) is 3.13. The molecule has 2 aliphatic heterocycles. The number of rotatable bonds is 3. The molecule has 0 amide bonds. The van der Waals surface area contributed by atoms with Crippen molar-refractivity contribution in [3.63, 3.8) is 0 Å². The van der Waals surface area contributed by atoms with E-state index in [9.17, 15) is 0 Å². The molecule has 96 valence electrons. The van der Waals surface area contributed by atoms with Crippen LogP contribution in [0.25, 0.3) is 0 Å². The lowest BCUT2D eigenvalue weighted by Gasteiger charge is -2.24. The van der Waals surface area contributed by atoms with Crippen LogP contribution in [0.3, 0.4) is 0 Å². The highest BCUT2D eigenvalue weighted by molar-refractivity contribution is 8.13. The second-order valence-corrected chi connectivity index (χ2v) is 5.30. The van der Waals surface area contributed by atoms with Crippen LogP contribution >= 0.6 is 11.8 Å². The van der Waals surface area contributed by atoms with Crippen molar-refractivity contribution in [2.24, 2.45) is 9.98 Å². The Hall–Kier alpha value is -1.27. The SMILES string of the molecule is C=CCNC1CCC2=C1N=C1N=C(SC)NN1C2. The number of hydrogen-bond acceptors (Lipinski definition) is 6. The van der Waals surface area contributed by atoms with Gasteiger partial charge in [0.1, 0.15) is 0 Å². The molecule has 0 aromatic carbocycles. The van der Waals surface area contributed by atoms with Crippen LogP contribution < -0.4 is 10.7 Å². The number of fused-ring (bicyclic) bond motifs is 1. The monoisotopic (exact) mass is 263 g/mol. The van der Waals surface area contributed by atoms with Crippen LogP contribution in [0.1, 0.15) is 12.8 Å². The molecule has 2 heterocycles. The molecule has 1 aliphatic carbocycles. The lowest BCUT2D eigenvalue weighted by atomic mass is 10.2. The average Bonchev–Trinajstić information content (AvgIpc) is 2.96. The van der Waals surface area contributed by atoms with E-state index in [-0.39, 0.29) is 0 Å². The number of aliphatic imine (C=N–C) groups is 2. The van der Waals surface area contributed by atoms with E-state index in [1.807, 2.05) is 17.3 Å². The quantitative estimate of drug-likeness (QED) is 0.748. The molecule has 0 spiro atoms. The number of nitrogens with one attached hydrogen (secondary N) is 2. The predicted molar refractivity (Wildman–Crippen MR) is 76.5 cm³/mol. The van der Waals surface area contributed by atoms with Gasteiger partial charge in [0.15, 0.2) is 5.17 Å². The van der Waals surface area contributed by atoms with Gasteiger partial charge in [0.25, 0.3) is 0 Å². The van der Waals surface area contributed by atoms with E-state index >= 15 is 0 Å². The Morgan fingerprint density at radius 1 is 1.61 bits per heavy atom. The van der Waals surface area contributed by atoms with Gasteiger partial charge in [-0.25, -0.2) is 10.0 Å². The summed E-state index contributed by atoms with van der Waals surface area (Å²) in [4.78, 5) is 9.17. The summed E-state index contributed by atoms with van der Waals surface area (Å²) in [5, 5.41) is 6.41. The molecular formula is C12H17N5S. The lowest BCUT2D eigenvalue weighted by molar-refractivity contribution is 0.410. The Labute approximate surface area is 111 Å². The summed E-state index contributed by atoms with van der Waals surface area (Å²) >= 11 is 1.61. The van der Waals surface area contributed by atoms with Crippen LogP contribution in [0, 0.1) is 0 Å². The Morgan fingerprint density at radius 3 is 3.28 bits per heavy atom. The Bertz CT molecular complexity index is 465. The number of nitrogens with zero attached hydrogens (tertiary/aromatic N) is 3. The molecule has 3 rings (SSSR count). The second-order valence-electron chi connectivity index (χ2n) is 4.51. The molecule has 0 radical (unpaired) electrons. The maximum Gasteiger partial charge on any atom is 0.247 e. The summed E-state index contributed by atoms with van der Waals surface area (Å²) in [6.45, 7) is 5.47. The first-order valence-electron chi connectivity index (χ1n) is 6.13. The zero-order valence-electron chi connectivity index (χ0n) is 10.4. The van der Waals surface area contributed by atoms with E-state index in [0.717, 1.165) is 37.1 Å². The lowest BCUT2D eigenvalue weighted by Crippen LogP contribution is -2.41. The van der Waals surface area contributed by atoms with Crippen LogP contribution in [0.4, 0.5) is 0 Å². The van der Waals surface area contributed by atoms with Crippen LogP contribution in [-0.2, 0) is 0 Å². The van der Waals surface area contributed by atoms with Crippen molar-refractivity contribution < 1.29 is 0 Å². The smallest absolute Gasteiger partial charge is 0.247 e. The molecule has 0 saturated carbocycles. The largest absolute Gasteiger partial charge is 0.305 e. The van der Waals surface area contributed by atoms with Crippen molar-refractivity contribution in [1.82, 2.24) is 15.8 Å². The third kappa shape index (κ3) is 1.95. The zero-order chi connectivity index (χ0) is 12.5. The predicted octanol–water partition coefficient (Wildman–Crippen LogP) is 1.09. The molecular weight excluding hydrogens is 246 g/mol. The normalized spacial score (nSPS) is 25.4. The Morgan fingerprint density at radius 2 is 2.50 bits per heavy atom. The number of hydrogen-bond donors (Lipinski definition) is 2. The van der Waals surface area contributed by atoms with Gasteiger partial charge in [-0.15, -0.1) is 6.58 Å². The van der Waals surface area contributed by atoms with E-state index < -0.39 is 0 Å². The minimum Gasteiger partial charge on any atom is -0.305 e. The van der Waals surface area contributed by atoms with Crippen LogP contribution in [0.5, 0.6) is 0 Å². The van der Waals surface area contributed by atoms with Gasteiger partial charge >= 0.3 is 0 Å². The summed E-state index contributed by atoms with van der Waals surface area (Å²) < 4.78 is 0. The van der Waals surface area contributed by atoms with Gasteiger partial charge < -0.3 is 5.32 Å². The standard InChI is InChI=1S/C12H17N5S/c1-3-6-13-9-5-4-8-7-17-11(14-10(8)9)15-12(16-17)18-2/h3,9,13H,1,4-7H2,2H3,(H,14,15,16). The van der Waals surface area contributed by atoms with Crippen molar-refractivity contribution in [2.75, 3.05) is 19.3 Å². The van der Waals surface area contributed by atoms with Crippen molar-refractivity contribution in [3.05, 3.63) is 23.9 Å². The van der Waals surface area contributed by atoms with E-state index in [4.69, 9.17) is 4.99 Å². The first-order valence-corrected chi connectivity index (χ1v) is 7.36. The highest BCUT2D eigenvalue weighted by Gasteiger charge is 2.33. The van der Waals surface area contributed by atoms with Gasteiger partial charge in [0.2, 0.25) is 5.96 Å². The first kappa shape index (κ1) is 11.8. The minimum atomic E-state index is 0.362. The van der Waals surface area contributed by atoms with Crippen molar-refractivity contribution in [3.8, 4) is 0 Å². The van der Waals surface area contributed by atoms with E-state index in [1.165, 1.54) is 11.3 Å². The molecule has 5 nitrogen and oxygen atoms in total. The minimum absolute atomic E-state index is 0.362. The summed E-state index contributed by atoms with van der Waals surface area (Å²) in [6.07, 6.45) is 6.15. The number of thioether (sulfide) groups is 1. The molecule has 0 aromatic rings. The number of hydrazine groups is 1. The van der Waals surface area contributed by atoms with Gasteiger partial charge in [-0.05, 0) is 24.7 Å². The van der Waals surface area contributed by atoms with Crippen LogP contribution in [0.2, 0.25) is 0 Å². The van der Waals surface area contributed by atoms with Crippen LogP contribution in [0.15, 0.2) is 33.9 Å². The number of guanidine groups is 1. The second kappa shape index (κ2) is 4.78. The highest BCUT2D eigenvalue weighted by Crippen LogP contribution is 2.32. The van der Waals surface area contributed by atoms with Gasteiger partial charge in [-0.1, -0.05) is 17.8 Å². The van der Waals surface area contributed by atoms with E-state index in [0.29, 0.717) is 6.04 Å². The van der Waals surface area contributed by atoms with E-state index in [1.54, 1.807) is 11.8 Å². The maximum absolute atomic E-state index is 4.70. The molecule has 1 atom stereocenters. The van der Waals surface area contributed by atoms with Crippen LogP contribution in [-0.4, -0.2) is 41.5 Å². The number of amidine groups is 1. The Balaban J connectivity index is 1.80. The van der Waals surface area contributed by atoms with Gasteiger partial charge in [0, 0.05) is 6.54 Å². The summed E-state index contributed by atoms with van der Waals surface area (Å²) in [7, 11) is 0. The topological polar surface area (TPSA) is 52.0 Å². The maximum atomic E-state index is 4.70. The molecule has 0 saturated heterocycles. The summed E-state index contributed by atoms with van der Waals surface area (Å²) in [5.74, 6) is 0.797. The van der Waals surface area contributed by atoms with Gasteiger partial charge in [0.05, 0.1) is 18.3 Å². The molecule has 0 fully saturated rings. The first-order chi connectivity index (χ1) is 8.81. The molecule has 18 heavy (non-hydrogen) atoms. The average molecular weight is 263 g/mol. The fraction of sp³-hybridized carbons (Fsp3) is 0.500. The fourth-order valence-corrected chi connectivity index (χ4v) is 2.87. The third-order valence-electron chi connectivity index (χ3n) is 3.37. The molecule has 1 unspecified atom stereocenters. The van der Waals surface area contributed by atoms with Crippen molar-refractivity contribution in [1.29, 1.82) is 0 Å². The summed E-state index contributed by atoms with van der Waals surface area (Å²) in [6, 6.07) is 0.362. The molecule has 0 bridgehead atoms. The van der Waals surface area contributed by atoms with Crippen molar-refractivity contribution in [2.45, 2.75) is 18.9 Å². The van der Waals surface area contributed by atoms with Gasteiger partial charge in [-0.3, -0.25) is 5.43 Å². The molecule has 0 aromatic heterocycles. The summed E-state index contributed by atoms with van der Waals surface area (Å²) in [5.41, 5.74) is 5.87. The molecule has 6 heteroatoms. The third-order valence-corrected chi connectivity index (χ3v) is 3.94. The molecule has 2 N–H and O–H groups in total.